The number of hydrogen-bond acceptors (Lipinski definition) is 3. The third kappa shape index (κ3) is 2.69. The molecule has 0 spiro atoms. The van der Waals surface area contributed by atoms with Gasteiger partial charge >= 0.3 is 0 Å². The summed E-state index contributed by atoms with van der Waals surface area (Å²) in [5.41, 5.74) is 8.49. The van der Waals surface area contributed by atoms with Crippen molar-refractivity contribution in [2.45, 2.75) is 12.8 Å². The lowest BCUT2D eigenvalue weighted by Gasteiger charge is -2.07. The van der Waals surface area contributed by atoms with Gasteiger partial charge in [-0.1, -0.05) is 24.3 Å². The van der Waals surface area contributed by atoms with Crippen LogP contribution in [0.4, 0.5) is 5.69 Å². The van der Waals surface area contributed by atoms with E-state index in [1.165, 1.54) is 6.07 Å². The first-order chi connectivity index (χ1) is 8.16. The largest absolute Gasteiger partial charge is 0.508 e. The van der Waals surface area contributed by atoms with E-state index in [9.17, 15) is 10.2 Å². The second-order valence-corrected chi connectivity index (χ2v) is 4.01. The molecule has 0 fully saturated rings. The molecule has 0 aliphatic heterocycles. The highest BCUT2D eigenvalue weighted by molar-refractivity contribution is 5.47. The van der Waals surface area contributed by atoms with Crippen molar-refractivity contribution in [2.24, 2.45) is 0 Å². The number of aryl methyl sites for hydroxylation is 2. The summed E-state index contributed by atoms with van der Waals surface area (Å²) in [6.07, 6.45) is 1.46. The van der Waals surface area contributed by atoms with Gasteiger partial charge in [-0.2, -0.15) is 0 Å². The number of para-hydroxylation sites is 1. The Kier molecular flexibility index (Phi) is 3.19. The first-order valence-electron chi connectivity index (χ1n) is 5.51. The zero-order valence-electron chi connectivity index (χ0n) is 9.43. The highest BCUT2D eigenvalue weighted by Crippen LogP contribution is 2.24. The van der Waals surface area contributed by atoms with Gasteiger partial charge in [-0.25, -0.2) is 0 Å². The molecule has 88 valence electrons. The Balaban J connectivity index is 2.10. The van der Waals surface area contributed by atoms with Crippen molar-refractivity contribution in [1.29, 1.82) is 0 Å². The molecule has 0 radical (unpaired) electrons. The van der Waals surface area contributed by atoms with Crippen LogP contribution in [0.15, 0.2) is 42.5 Å². The maximum absolute atomic E-state index is 9.65. The smallest absolute Gasteiger partial charge is 0.122 e. The molecule has 0 bridgehead atoms. The van der Waals surface area contributed by atoms with Crippen molar-refractivity contribution in [2.75, 3.05) is 5.73 Å². The number of anilines is 1. The van der Waals surface area contributed by atoms with Crippen molar-refractivity contribution in [3.05, 3.63) is 53.6 Å². The minimum absolute atomic E-state index is 0.0745. The number of aromatic hydroxyl groups is 2. The fourth-order valence-corrected chi connectivity index (χ4v) is 1.79. The van der Waals surface area contributed by atoms with Crippen molar-refractivity contribution in [1.82, 2.24) is 0 Å². The Morgan fingerprint density at radius 2 is 1.59 bits per heavy atom. The van der Waals surface area contributed by atoms with Gasteiger partial charge in [0.2, 0.25) is 0 Å². The summed E-state index contributed by atoms with van der Waals surface area (Å²) in [4.78, 5) is 0. The molecule has 3 nitrogen and oxygen atoms in total. The van der Waals surface area contributed by atoms with E-state index in [-0.39, 0.29) is 11.5 Å². The number of benzene rings is 2. The van der Waals surface area contributed by atoms with E-state index >= 15 is 0 Å². The summed E-state index contributed by atoms with van der Waals surface area (Å²) in [6.45, 7) is 0. The van der Waals surface area contributed by atoms with E-state index in [1.807, 2.05) is 24.3 Å². The van der Waals surface area contributed by atoms with E-state index in [0.29, 0.717) is 6.42 Å². The zero-order valence-corrected chi connectivity index (χ0v) is 9.43. The van der Waals surface area contributed by atoms with Gasteiger partial charge in [0, 0.05) is 11.8 Å². The first kappa shape index (κ1) is 11.3. The standard InChI is InChI=1S/C14H15NO2/c15-13-4-2-1-3-10(13)5-6-11-7-8-12(16)9-14(11)17/h1-4,7-9,16-17H,5-6,15H2. The number of rotatable bonds is 3. The predicted octanol–water partition coefficient (Wildman–Crippen LogP) is 2.47. The summed E-state index contributed by atoms with van der Waals surface area (Å²) >= 11 is 0. The van der Waals surface area contributed by atoms with Crippen LogP contribution in [0, 0.1) is 0 Å². The molecule has 0 aromatic heterocycles. The number of phenols is 2. The summed E-state index contributed by atoms with van der Waals surface area (Å²) < 4.78 is 0. The molecule has 17 heavy (non-hydrogen) atoms. The van der Waals surface area contributed by atoms with Crippen LogP contribution in [0.25, 0.3) is 0 Å². The van der Waals surface area contributed by atoms with Crippen LogP contribution in [0.2, 0.25) is 0 Å². The van der Waals surface area contributed by atoms with Crippen LogP contribution in [-0.4, -0.2) is 10.2 Å². The van der Waals surface area contributed by atoms with Crippen LogP contribution in [0.3, 0.4) is 0 Å². The second-order valence-electron chi connectivity index (χ2n) is 4.01. The molecule has 0 aliphatic rings. The quantitative estimate of drug-likeness (QED) is 0.708. The molecule has 4 N–H and O–H groups in total. The van der Waals surface area contributed by atoms with Gasteiger partial charge in [0.1, 0.15) is 11.5 Å². The molecule has 2 aromatic carbocycles. The Labute approximate surface area is 100 Å². The van der Waals surface area contributed by atoms with E-state index in [1.54, 1.807) is 12.1 Å². The maximum Gasteiger partial charge on any atom is 0.122 e. The van der Waals surface area contributed by atoms with Gasteiger partial charge in [0.25, 0.3) is 0 Å². The fourth-order valence-electron chi connectivity index (χ4n) is 1.79. The molecule has 0 saturated carbocycles. The lowest BCUT2D eigenvalue weighted by atomic mass is 10.0. The molecule has 2 aromatic rings. The van der Waals surface area contributed by atoms with Crippen molar-refractivity contribution < 1.29 is 10.2 Å². The van der Waals surface area contributed by atoms with Crippen LogP contribution < -0.4 is 5.73 Å². The topological polar surface area (TPSA) is 66.5 Å². The summed E-state index contributed by atoms with van der Waals surface area (Å²) in [7, 11) is 0. The van der Waals surface area contributed by atoms with Crippen LogP contribution in [0.1, 0.15) is 11.1 Å². The minimum Gasteiger partial charge on any atom is -0.508 e. The van der Waals surface area contributed by atoms with Crippen molar-refractivity contribution >= 4 is 5.69 Å². The molecule has 0 saturated heterocycles. The van der Waals surface area contributed by atoms with E-state index < -0.39 is 0 Å². The van der Waals surface area contributed by atoms with Crippen molar-refractivity contribution in [3.8, 4) is 11.5 Å². The zero-order chi connectivity index (χ0) is 12.3. The molecular weight excluding hydrogens is 214 g/mol. The van der Waals surface area contributed by atoms with E-state index in [2.05, 4.69) is 0 Å². The second kappa shape index (κ2) is 4.78. The van der Waals surface area contributed by atoms with Gasteiger partial charge in [-0.3, -0.25) is 0 Å². The van der Waals surface area contributed by atoms with E-state index in [0.717, 1.165) is 23.2 Å². The fraction of sp³-hybridized carbons (Fsp3) is 0.143. The number of hydrogen-bond donors (Lipinski definition) is 3. The van der Waals surface area contributed by atoms with Gasteiger partial charge in [0.05, 0.1) is 0 Å². The average molecular weight is 229 g/mol. The minimum atomic E-state index is 0.0745. The van der Waals surface area contributed by atoms with Crippen LogP contribution in [0.5, 0.6) is 11.5 Å². The predicted molar refractivity (Wildman–Crippen MR) is 68.0 cm³/mol. The summed E-state index contributed by atoms with van der Waals surface area (Å²) in [5, 5.41) is 18.8. The molecule has 2 rings (SSSR count). The highest BCUT2D eigenvalue weighted by atomic mass is 16.3. The molecule has 0 unspecified atom stereocenters. The van der Waals surface area contributed by atoms with Crippen molar-refractivity contribution in [3.63, 3.8) is 0 Å². The van der Waals surface area contributed by atoms with Gasteiger partial charge in [-0.15, -0.1) is 0 Å². The monoisotopic (exact) mass is 229 g/mol. The molecule has 3 heteroatoms. The number of phenolic OH excluding ortho intramolecular Hbond substituents is 2. The molecule has 0 atom stereocenters. The SMILES string of the molecule is Nc1ccccc1CCc1ccc(O)cc1O. The molecule has 0 aliphatic carbocycles. The maximum atomic E-state index is 9.65. The van der Waals surface area contributed by atoms with Crippen LogP contribution in [-0.2, 0) is 12.8 Å². The lowest BCUT2D eigenvalue weighted by molar-refractivity contribution is 0.446. The third-order valence-corrected chi connectivity index (χ3v) is 2.79. The van der Waals surface area contributed by atoms with Gasteiger partial charge in [0.15, 0.2) is 0 Å². The average Bonchev–Trinajstić information content (AvgIpc) is 2.30. The van der Waals surface area contributed by atoms with E-state index in [4.69, 9.17) is 5.73 Å². The Bertz CT molecular complexity index is 523. The summed E-state index contributed by atoms with van der Waals surface area (Å²) in [5.74, 6) is 0.199. The Morgan fingerprint density at radius 3 is 2.29 bits per heavy atom. The number of nitrogen functional groups attached to an aromatic ring is 1. The Hall–Kier alpha value is -2.16. The summed E-state index contributed by atoms with van der Waals surface area (Å²) in [6, 6.07) is 12.3. The highest BCUT2D eigenvalue weighted by Gasteiger charge is 2.04. The Morgan fingerprint density at radius 1 is 0.882 bits per heavy atom. The molecular formula is C14H15NO2. The lowest BCUT2D eigenvalue weighted by Crippen LogP contribution is -1.97. The first-order valence-corrected chi connectivity index (χ1v) is 5.51. The molecule has 0 amide bonds. The van der Waals surface area contributed by atoms with Crippen LogP contribution >= 0.6 is 0 Å². The van der Waals surface area contributed by atoms with Gasteiger partial charge < -0.3 is 15.9 Å². The number of nitrogens with two attached hydrogens (primary N) is 1. The van der Waals surface area contributed by atoms with Gasteiger partial charge in [-0.05, 0) is 36.1 Å². The normalized spacial score (nSPS) is 10.4. The third-order valence-electron chi connectivity index (χ3n) is 2.79. The molecule has 0 heterocycles.